The number of esters is 1. The largest absolute Gasteiger partial charge is 0.480 e. The third-order valence-corrected chi connectivity index (χ3v) is 4.31. The number of amides is 2. The summed E-state index contributed by atoms with van der Waals surface area (Å²) in [5.74, 6) is -2.14. The molecule has 0 bridgehead atoms. The van der Waals surface area contributed by atoms with E-state index in [2.05, 4.69) is 15.4 Å². The zero-order valence-electron chi connectivity index (χ0n) is 11.9. The van der Waals surface area contributed by atoms with Crippen LogP contribution in [-0.4, -0.2) is 62.7 Å². The molecular weight excluding hydrogens is 304 g/mol. The van der Waals surface area contributed by atoms with Gasteiger partial charge in [-0.2, -0.15) is 0 Å². The van der Waals surface area contributed by atoms with Crippen LogP contribution in [0.4, 0.5) is 4.79 Å². The van der Waals surface area contributed by atoms with E-state index < -0.39 is 33.8 Å². The lowest BCUT2D eigenvalue weighted by Gasteiger charge is -2.14. The molecule has 1 atom stereocenters. The molecule has 122 valence electrons. The van der Waals surface area contributed by atoms with Crippen LogP contribution >= 0.6 is 0 Å². The monoisotopic (exact) mass is 324 g/mol. The summed E-state index contributed by atoms with van der Waals surface area (Å²) in [6, 6.07) is -2.06. The molecule has 0 fully saturated rings. The van der Waals surface area contributed by atoms with Crippen LogP contribution in [0.2, 0.25) is 0 Å². The first-order valence-corrected chi connectivity index (χ1v) is 8.08. The minimum Gasteiger partial charge on any atom is -0.480 e. The Bertz CT molecular complexity index is 475. The van der Waals surface area contributed by atoms with Crippen molar-refractivity contribution in [3.05, 3.63) is 0 Å². The highest BCUT2D eigenvalue weighted by Gasteiger charge is 2.21. The molecule has 0 aromatic rings. The van der Waals surface area contributed by atoms with Crippen molar-refractivity contribution < 1.29 is 32.6 Å². The third-order valence-electron chi connectivity index (χ3n) is 2.61. The number of nitrogens with one attached hydrogen (secondary N) is 2. The Morgan fingerprint density at radius 3 is 2.38 bits per heavy atom. The van der Waals surface area contributed by atoms with Crippen LogP contribution in [0.3, 0.4) is 0 Å². The maximum atomic E-state index is 11.4. The number of aliphatic carboxylic acids is 1. The first-order valence-electron chi connectivity index (χ1n) is 6.26. The van der Waals surface area contributed by atoms with Crippen molar-refractivity contribution in [2.75, 3.05) is 25.2 Å². The first kappa shape index (κ1) is 19.2. The van der Waals surface area contributed by atoms with Gasteiger partial charge in [0, 0.05) is 18.7 Å². The van der Waals surface area contributed by atoms with Crippen molar-refractivity contribution in [1.82, 2.24) is 10.6 Å². The van der Waals surface area contributed by atoms with E-state index in [0.717, 1.165) is 0 Å². The SMILES string of the molecule is CCS(=O)(=O)CCNC(=O)N[C@@H](CCC(=O)OC)C(=O)O. The molecule has 9 nitrogen and oxygen atoms in total. The van der Waals surface area contributed by atoms with Crippen LogP contribution in [-0.2, 0) is 24.2 Å². The molecule has 0 aliphatic heterocycles. The molecule has 2 amide bonds. The number of ether oxygens (including phenoxy) is 1. The minimum absolute atomic E-state index is 0.0345. The molecule has 0 aliphatic carbocycles. The Kier molecular flexibility index (Phi) is 8.36. The molecule has 0 aliphatic rings. The lowest BCUT2D eigenvalue weighted by Crippen LogP contribution is -2.47. The summed E-state index contributed by atoms with van der Waals surface area (Å²) in [7, 11) is -2.03. The first-order chi connectivity index (χ1) is 9.71. The quantitative estimate of drug-likeness (QED) is 0.468. The van der Waals surface area contributed by atoms with E-state index in [4.69, 9.17) is 5.11 Å². The molecule has 0 heterocycles. The Hall–Kier alpha value is -1.84. The topological polar surface area (TPSA) is 139 Å². The van der Waals surface area contributed by atoms with Crippen LogP contribution in [0.15, 0.2) is 0 Å². The van der Waals surface area contributed by atoms with E-state index in [1.807, 2.05) is 0 Å². The van der Waals surface area contributed by atoms with Gasteiger partial charge in [0.25, 0.3) is 0 Å². The fourth-order valence-corrected chi connectivity index (χ4v) is 2.00. The second kappa shape index (κ2) is 9.16. The molecule has 0 aromatic carbocycles. The second-order valence-electron chi connectivity index (χ2n) is 4.14. The number of carboxylic acid groups (broad SMARTS) is 1. The average molecular weight is 324 g/mol. The smallest absolute Gasteiger partial charge is 0.326 e. The Balaban J connectivity index is 4.24. The Morgan fingerprint density at radius 2 is 1.90 bits per heavy atom. The maximum Gasteiger partial charge on any atom is 0.326 e. The molecule has 0 aromatic heterocycles. The number of hydrogen-bond acceptors (Lipinski definition) is 6. The normalized spacial score (nSPS) is 12.3. The van der Waals surface area contributed by atoms with Gasteiger partial charge in [0.05, 0.1) is 12.9 Å². The number of hydrogen-bond donors (Lipinski definition) is 3. The minimum atomic E-state index is -3.20. The zero-order valence-corrected chi connectivity index (χ0v) is 12.7. The van der Waals surface area contributed by atoms with Gasteiger partial charge in [-0.3, -0.25) is 4.79 Å². The summed E-state index contributed by atoms with van der Waals surface area (Å²) in [5, 5.41) is 13.3. The van der Waals surface area contributed by atoms with Gasteiger partial charge >= 0.3 is 18.0 Å². The Morgan fingerprint density at radius 1 is 1.29 bits per heavy atom. The summed E-state index contributed by atoms with van der Waals surface area (Å²) in [6.45, 7) is 1.37. The van der Waals surface area contributed by atoms with Crippen molar-refractivity contribution in [3.8, 4) is 0 Å². The Labute approximate surface area is 123 Å². The molecule has 0 unspecified atom stereocenters. The van der Waals surface area contributed by atoms with E-state index in [9.17, 15) is 22.8 Å². The number of urea groups is 1. The summed E-state index contributed by atoms with van der Waals surface area (Å²) in [5.41, 5.74) is 0. The molecule has 21 heavy (non-hydrogen) atoms. The highest BCUT2D eigenvalue weighted by atomic mass is 32.2. The number of sulfone groups is 1. The second-order valence-corrected chi connectivity index (χ2v) is 6.61. The molecular formula is C11H20N2O7S. The van der Waals surface area contributed by atoms with Gasteiger partial charge in [0.1, 0.15) is 6.04 Å². The van der Waals surface area contributed by atoms with E-state index in [-0.39, 0.29) is 30.9 Å². The number of methoxy groups -OCH3 is 1. The van der Waals surface area contributed by atoms with Gasteiger partial charge in [-0.15, -0.1) is 0 Å². The van der Waals surface area contributed by atoms with Gasteiger partial charge in [-0.25, -0.2) is 18.0 Å². The number of carboxylic acids is 1. The number of rotatable bonds is 9. The van der Waals surface area contributed by atoms with Crippen LogP contribution in [0, 0.1) is 0 Å². The van der Waals surface area contributed by atoms with Gasteiger partial charge < -0.3 is 20.5 Å². The van der Waals surface area contributed by atoms with Crippen molar-refractivity contribution in [1.29, 1.82) is 0 Å². The molecule has 0 saturated carbocycles. The van der Waals surface area contributed by atoms with Crippen LogP contribution in [0.25, 0.3) is 0 Å². The summed E-state index contributed by atoms with van der Waals surface area (Å²) in [4.78, 5) is 33.3. The standard InChI is InChI=1S/C11H20N2O7S/c1-3-21(18,19)7-6-12-11(17)13-8(10(15)16)4-5-9(14)20-2/h8H,3-7H2,1-2H3,(H,15,16)(H2,12,13,17)/t8-/m0/s1. The van der Waals surface area contributed by atoms with Crippen molar-refractivity contribution in [2.45, 2.75) is 25.8 Å². The van der Waals surface area contributed by atoms with Crippen molar-refractivity contribution in [2.24, 2.45) is 0 Å². The van der Waals surface area contributed by atoms with Gasteiger partial charge in [-0.05, 0) is 6.42 Å². The molecule has 10 heteroatoms. The van der Waals surface area contributed by atoms with Crippen LogP contribution in [0.1, 0.15) is 19.8 Å². The predicted molar refractivity (Wildman–Crippen MR) is 73.5 cm³/mol. The highest BCUT2D eigenvalue weighted by Crippen LogP contribution is 1.99. The number of carbonyl (C=O) groups is 3. The van der Waals surface area contributed by atoms with Gasteiger partial charge in [0.15, 0.2) is 9.84 Å². The highest BCUT2D eigenvalue weighted by molar-refractivity contribution is 7.91. The lowest BCUT2D eigenvalue weighted by molar-refractivity contribution is -0.142. The van der Waals surface area contributed by atoms with E-state index >= 15 is 0 Å². The number of carbonyl (C=O) groups excluding carboxylic acids is 2. The van der Waals surface area contributed by atoms with Crippen molar-refractivity contribution >= 4 is 27.8 Å². The molecule has 0 spiro atoms. The van der Waals surface area contributed by atoms with E-state index in [1.54, 1.807) is 0 Å². The summed E-state index contributed by atoms with van der Waals surface area (Å²) >= 11 is 0. The molecule has 0 saturated heterocycles. The predicted octanol–water partition coefficient (Wildman–Crippen LogP) is -0.873. The fraction of sp³-hybridized carbons (Fsp3) is 0.727. The van der Waals surface area contributed by atoms with E-state index in [0.29, 0.717) is 0 Å². The third kappa shape index (κ3) is 8.84. The molecule has 3 N–H and O–H groups in total. The van der Waals surface area contributed by atoms with Crippen molar-refractivity contribution in [3.63, 3.8) is 0 Å². The average Bonchev–Trinajstić information content (AvgIpc) is 2.42. The summed E-state index contributed by atoms with van der Waals surface area (Å²) in [6.07, 6.45) is -0.277. The molecule has 0 rings (SSSR count). The lowest BCUT2D eigenvalue weighted by atomic mass is 10.1. The van der Waals surface area contributed by atoms with Crippen LogP contribution in [0.5, 0.6) is 0 Å². The fourth-order valence-electron chi connectivity index (χ4n) is 1.30. The van der Waals surface area contributed by atoms with E-state index in [1.165, 1.54) is 14.0 Å². The zero-order chi connectivity index (χ0) is 16.5. The maximum absolute atomic E-state index is 11.4. The molecule has 0 radical (unpaired) electrons. The van der Waals surface area contributed by atoms with Gasteiger partial charge in [-0.1, -0.05) is 6.92 Å². The van der Waals surface area contributed by atoms with Crippen LogP contribution < -0.4 is 10.6 Å². The summed E-state index contributed by atoms with van der Waals surface area (Å²) < 4.78 is 26.8. The van der Waals surface area contributed by atoms with Gasteiger partial charge in [0.2, 0.25) is 0 Å².